The molecule has 0 amide bonds. The zero-order chi connectivity index (χ0) is 9.68. The number of hydrogen-bond donors (Lipinski definition) is 2. The predicted octanol–water partition coefficient (Wildman–Crippen LogP) is 1.73. The van der Waals surface area contributed by atoms with Crippen LogP contribution in [0.25, 0.3) is 0 Å². The molecule has 0 aliphatic carbocycles. The Balaban J connectivity index is 2.22. The highest BCUT2D eigenvalue weighted by Crippen LogP contribution is 2.23. The minimum Gasteiger partial charge on any atom is -0.363 e. The number of nitrogens with one attached hydrogen (secondary N) is 1. The molecule has 1 aliphatic rings. The first-order valence-electron chi connectivity index (χ1n) is 5.03. The van der Waals surface area contributed by atoms with E-state index in [2.05, 4.69) is 31.8 Å². The van der Waals surface area contributed by atoms with Crippen molar-refractivity contribution < 1.29 is 4.74 Å². The van der Waals surface area contributed by atoms with Gasteiger partial charge in [0.15, 0.2) is 0 Å². The SMILES string of the molecule is [CH2]COC1CCC(C(C)CS)CN1. The Kier molecular flexibility index (Phi) is 5.14. The standard InChI is InChI=1S/C10H20NOS/c1-3-12-10-5-4-9(6-11-10)8(2)7-13/h8-11,13H,1,3-7H2,2H3. The number of rotatable bonds is 4. The normalized spacial score (nSPS) is 31.6. The largest absolute Gasteiger partial charge is 0.363 e. The lowest BCUT2D eigenvalue weighted by Gasteiger charge is -2.32. The molecule has 3 atom stereocenters. The van der Waals surface area contributed by atoms with E-state index in [0.717, 1.165) is 24.6 Å². The molecule has 1 N–H and O–H groups in total. The fraction of sp³-hybridized carbons (Fsp3) is 0.900. The molecule has 1 rings (SSSR count). The third-order valence-electron chi connectivity index (χ3n) is 2.82. The molecule has 0 saturated carbocycles. The van der Waals surface area contributed by atoms with Crippen LogP contribution < -0.4 is 5.32 Å². The molecule has 2 nitrogen and oxygen atoms in total. The molecule has 0 aromatic rings. The highest BCUT2D eigenvalue weighted by molar-refractivity contribution is 7.80. The van der Waals surface area contributed by atoms with Gasteiger partial charge in [-0.05, 0) is 37.4 Å². The van der Waals surface area contributed by atoms with Crippen molar-refractivity contribution in [3.05, 3.63) is 6.92 Å². The van der Waals surface area contributed by atoms with Crippen LogP contribution in [-0.4, -0.2) is 25.1 Å². The number of thiol groups is 1. The van der Waals surface area contributed by atoms with Crippen LogP contribution in [-0.2, 0) is 4.74 Å². The van der Waals surface area contributed by atoms with Crippen LogP contribution >= 0.6 is 12.6 Å². The van der Waals surface area contributed by atoms with Crippen molar-refractivity contribution in [3.8, 4) is 0 Å². The Labute approximate surface area is 86.8 Å². The zero-order valence-corrected chi connectivity index (χ0v) is 9.22. The summed E-state index contributed by atoms with van der Waals surface area (Å²) < 4.78 is 5.40. The summed E-state index contributed by atoms with van der Waals surface area (Å²) in [6.07, 6.45) is 2.60. The van der Waals surface area contributed by atoms with E-state index in [1.54, 1.807) is 0 Å². The summed E-state index contributed by atoms with van der Waals surface area (Å²) >= 11 is 4.32. The fourth-order valence-corrected chi connectivity index (χ4v) is 2.07. The zero-order valence-electron chi connectivity index (χ0n) is 8.33. The second-order valence-corrected chi connectivity index (χ2v) is 4.13. The summed E-state index contributed by atoms with van der Waals surface area (Å²) in [7, 11) is 0. The van der Waals surface area contributed by atoms with Gasteiger partial charge in [-0.25, -0.2) is 0 Å². The van der Waals surface area contributed by atoms with Crippen LogP contribution in [0.15, 0.2) is 0 Å². The van der Waals surface area contributed by atoms with Crippen LogP contribution in [0.4, 0.5) is 0 Å². The molecule has 0 spiro atoms. The van der Waals surface area contributed by atoms with Crippen molar-refractivity contribution in [2.45, 2.75) is 26.0 Å². The molecule has 77 valence electrons. The van der Waals surface area contributed by atoms with Crippen LogP contribution in [0, 0.1) is 18.8 Å². The minimum absolute atomic E-state index is 0.237. The van der Waals surface area contributed by atoms with Gasteiger partial charge in [-0.2, -0.15) is 12.6 Å². The van der Waals surface area contributed by atoms with E-state index in [-0.39, 0.29) is 6.23 Å². The number of hydrogen-bond acceptors (Lipinski definition) is 3. The summed E-state index contributed by atoms with van der Waals surface area (Å²) in [6, 6.07) is 0. The summed E-state index contributed by atoms with van der Waals surface area (Å²) in [5, 5.41) is 3.39. The van der Waals surface area contributed by atoms with Crippen molar-refractivity contribution in [2.24, 2.45) is 11.8 Å². The second-order valence-electron chi connectivity index (χ2n) is 3.76. The summed E-state index contributed by atoms with van der Waals surface area (Å²) in [5.41, 5.74) is 0. The van der Waals surface area contributed by atoms with E-state index < -0.39 is 0 Å². The Bertz CT molecular complexity index is 135. The van der Waals surface area contributed by atoms with Crippen molar-refractivity contribution in [1.82, 2.24) is 5.32 Å². The molecular weight excluding hydrogens is 182 g/mol. The lowest BCUT2D eigenvalue weighted by atomic mass is 9.88. The van der Waals surface area contributed by atoms with E-state index >= 15 is 0 Å². The molecule has 0 aromatic heterocycles. The van der Waals surface area contributed by atoms with E-state index in [9.17, 15) is 0 Å². The maximum atomic E-state index is 5.40. The molecule has 13 heavy (non-hydrogen) atoms. The van der Waals surface area contributed by atoms with Crippen molar-refractivity contribution >= 4 is 12.6 Å². The van der Waals surface area contributed by atoms with Crippen LogP contribution in [0.1, 0.15) is 19.8 Å². The molecule has 1 heterocycles. The smallest absolute Gasteiger partial charge is 0.108 e. The Morgan fingerprint density at radius 3 is 2.85 bits per heavy atom. The average Bonchev–Trinajstić information content (AvgIpc) is 2.18. The Morgan fingerprint density at radius 1 is 1.62 bits per heavy atom. The maximum absolute atomic E-state index is 5.40. The van der Waals surface area contributed by atoms with Gasteiger partial charge in [0.05, 0.1) is 0 Å². The maximum Gasteiger partial charge on any atom is 0.108 e. The summed E-state index contributed by atoms with van der Waals surface area (Å²) in [4.78, 5) is 0. The fourth-order valence-electron chi connectivity index (χ4n) is 1.77. The van der Waals surface area contributed by atoms with Crippen molar-refractivity contribution in [1.29, 1.82) is 0 Å². The molecule has 1 fully saturated rings. The lowest BCUT2D eigenvalue weighted by molar-refractivity contribution is 0.0125. The molecule has 3 unspecified atom stereocenters. The first-order chi connectivity index (χ1) is 6.27. The second kappa shape index (κ2) is 5.89. The van der Waals surface area contributed by atoms with E-state index in [0.29, 0.717) is 12.5 Å². The minimum atomic E-state index is 0.237. The molecular formula is C10H20NOS. The van der Waals surface area contributed by atoms with Crippen molar-refractivity contribution in [3.63, 3.8) is 0 Å². The Morgan fingerprint density at radius 2 is 2.38 bits per heavy atom. The molecule has 1 radical (unpaired) electrons. The number of ether oxygens (including phenoxy) is 1. The van der Waals surface area contributed by atoms with Gasteiger partial charge in [0, 0.05) is 13.2 Å². The lowest BCUT2D eigenvalue weighted by Crippen LogP contribution is -2.42. The highest BCUT2D eigenvalue weighted by Gasteiger charge is 2.23. The topological polar surface area (TPSA) is 21.3 Å². The first-order valence-corrected chi connectivity index (χ1v) is 5.66. The molecule has 3 heteroatoms. The molecule has 0 bridgehead atoms. The Hall–Kier alpha value is 0.270. The van der Waals surface area contributed by atoms with Crippen LogP contribution in [0.5, 0.6) is 0 Å². The summed E-state index contributed by atoms with van der Waals surface area (Å²) in [6.45, 7) is 7.56. The average molecular weight is 202 g/mol. The van der Waals surface area contributed by atoms with Crippen molar-refractivity contribution in [2.75, 3.05) is 18.9 Å². The van der Waals surface area contributed by atoms with Gasteiger partial charge < -0.3 is 4.74 Å². The highest BCUT2D eigenvalue weighted by atomic mass is 32.1. The summed E-state index contributed by atoms with van der Waals surface area (Å²) in [5.74, 6) is 2.45. The van der Waals surface area contributed by atoms with Gasteiger partial charge in [0.25, 0.3) is 0 Å². The first kappa shape index (κ1) is 11.3. The van der Waals surface area contributed by atoms with Gasteiger partial charge in [0.1, 0.15) is 6.23 Å². The van der Waals surface area contributed by atoms with Crippen LogP contribution in [0.3, 0.4) is 0 Å². The molecule has 1 saturated heterocycles. The predicted molar refractivity (Wildman–Crippen MR) is 58.8 cm³/mol. The van der Waals surface area contributed by atoms with E-state index in [1.807, 2.05) is 0 Å². The third-order valence-corrected chi connectivity index (χ3v) is 3.40. The number of piperidine rings is 1. The van der Waals surface area contributed by atoms with Gasteiger partial charge >= 0.3 is 0 Å². The third kappa shape index (κ3) is 3.49. The molecule has 1 aliphatic heterocycles. The van der Waals surface area contributed by atoms with E-state index in [1.165, 1.54) is 6.42 Å². The quantitative estimate of drug-likeness (QED) is 0.678. The van der Waals surface area contributed by atoms with E-state index in [4.69, 9.17) is 4.74 Å². The monoisotopic (exact) mass is 202 g/mol. The van der Waals surface area contributed by atoms with Gasteiger partial charge in [-0.15, -0.1) is 0 Å². The van der Waals surface area contributed by atoms with Gasteiger partial charge in [-0.1, -0.05) is 6.92 Å². The molecule has 0 aromatic carbocycles. The van der Waals surface area contributed by atoms with Crippen LogP contribution in [0.2, 0.25) is 0 Å². The van der Waals surface area contributed by atoms with Gasteiger partial charge in [-0.3, -0.25) is 5.32 Å². The van der Waals surface area contributed by atoms with Gasteiger partial charge in [0.2, 0.25) is 0 Å².